The minimum atomic E-state index is -3.72. The molecule has 0 radical (unpaired) electrons. The second-order valence-electron chi connectivity index (χ2n) is 7.22. The van der Waals surface area contributed by atoms with Crippen LogP contribution in [0.5, 0.6) is 5.75 Å². The Kier molecular flexibility index (Phi) is 5.14. The van der Waals surface area contributed by atoms with Crippen molar-refractivity contribution in [2.75, 3.05) is 40.3 Å². The van der Waals surface area contributed by atoms with Crippen LogP contribution in [0.4, 0.5) is 0 Å². The smallest absolute Gasteiger partial charge is 0.268 e. The van der Waals surface area contributed by atoms with Gasteiger partial charge in [0.05, 0.1) is 17.5 Å². The van der Waals surface area contributed by atoms with Crippen LogP contribution < -0.4 is 4.74 Å². The number of nitrogens with zero attached hydrogens (tertiary/aromatic N) is 3. The maximum absolute atomic E-state index is 13.5. The molecule has 2 heterocycles. The minimum absolute atomic E-state index is 0.259. The van der Waals surface area contributed by atoms with Crippen LogP contribution in [0.25, 0.3) is 10.9 Å². The third-order valence-electron chi connectivity index (χ3n) is 5.32. The van der Waals surface area contributed by atoms with E-state index in [1.807, 2.05) is 30.3 Å². The van der Waals surface area contributed by atoms with E-state index in [1.54, 1.807) is 31.4 Å². The summed E-state index contributed by atoms with van der Waals surface area (Å²) in [4.78, 5) is 4.86. The molecule has 0 bridgehead atoms. The van der Waals surface area contributed by atoms with Gasteiger partial charge < -0.3 is 9.64 Å². The predicted molar refractivity (Wildman–Crippen MR) is 110 cm³/mol. The molecule has 0 amide bonds. The van der Waals surface area contributed by atoms with E-state index >= 15 is 0 Å². The Bertz CT molecular complexity index is 1070. The number of benzene rings is 2. The van der Waals surface area contributed by atoms with Crippen LogP contribution in [0, 0.1) is 0 Å². The Labute approximate surface area is 166 Å². The molecule has 3 aromatic rings. The van der Waals surface area contributed by atoms with Crippen molar-refractivity contribution in [3.63, 3.8) is 0 Å². The normalized spacial score (nSPS) is 16.5. The number of ether oxygens (including phenoxy) is 1. The van der Waals surface area contributed by atoms with Gasteiger partial charge >= 0.3 is 0 Å². The largest absolute Gasteiger partial charge is 0.497 e. The molecule has 148 valence electrons. The molecule has 0 spiro atoms. The number of hydrogen-bond donors (Lipinski definition) is 0. The van der Waals surface area contributed by atoms with E-state index in [-0.39, 0.29) is 4.90 Å². The zero-order valence-electron chi connectivity index (χ0n) is 16.2. The molecule has 1 fully saturated rings. The minimum Gasteiger partial charge on any atom is -0.497 e. The summed E-state index contributed by atoms with van der Waals surface area (Å²) in [6, 6.07) is 16.2. The molecule has 1 saturated heterocycles. The average molecular weight is 400 g/mol. The number of fused-ring (bicyclic) bond motifs is 1. The summed E-state index contributed by atoms with van der Waals surface area (Å²) in [6.07, 6.45) is 0. The lowest BCUT2D eigenvalue weighted by Gasteiger charge is -2.32. The molecule has 7 heteroatoms. The van der Waals surface area contributed by atoms with Crippen LogP contribution >= 0.6 is 0 Å². The van der Waals surface area contributed by atoms with Gasteiger partial charge in [-0.2, -0.15) is 0 Å². The standard InChI is InChI=1S/C21H25N3O3S/c1-22-11-13-23(14-12-22)16-18-15-17-5-3-4-6-21(17)24(18)28(25,26)20-9-7-19(27-2)8-10-20/h3-10,15H,11-14,16H2,1-2H3. The van der Waals surface area contributed by atoms with E-state index in [9.17, 15) is 8.42 Å². The maximum Gasteiger partial charge on any atom is 0.268 e. The third-order valence-corrected chi connectivity index (χ3v) is 7.10. The first kappa shape index (κ1) is 19.0. The van der Waals surface area contributed by atoms with Crippen molar-refractivity contribution in [3.05, 3.63) is 60.3 Å². The van der Waals surface area contributed by atoms with E-state index in [0.29, 0.717) is 17.8 Å². The van der Waals surface area contributed by atoms with Gasteiger partial charge in [0.25, 0.3) is 10.0 Å². The first-order chi connectivity index (χ1) is 13.5. The molecule has 6 nitrogen and oxygen atoms in total. The van der Waals surface area contributed by atoms with Crippen LogP contribution in [0.3, 0.4) is 0 Å². The molecule has 2 aromatic carbocycles. The summed E-state index contributed by atoms with van der Waals surface area (Å²) in [7, 11) is -0.0352. The molecule has 1 aliphatic rings. The number of aromatic nitrogens is 1. The van der Waals surface area contributed by atoms with Gasteiger partial charge in [-0.05, 0) is 43.4 Å². The lowest BCUT2D eigenvalue weighted by molar-refractivity contribution is 0.147. The Hall–Kier alpha value is -2.35. The van der Waals surface area contributed by atoms with Crippen LogP contribution in [-0.2, 0) is 16.6 Å². The first-order valence-corrected chi connectivity index (χ1v) is 10.8. The molecule has 0 saturated carbocycles. The zero-order valence-corrected chi connectivity index (χ0v) is 17.0. The number of piperazine rings is 1. The van der Waals surface area contributed by atoms with Crippen molar-refractivity contribution < 1.29 is 13.2 Å². The molecule has 0 N–H and O–H groups in total. The van der Waals surface area contributed by atoms with Gasteiger partial charge in [-0.1, -0.05) is 18.2 Å². The van der Waals surface area contributed by atoms with Crippen LogP contribution in [0.2, 0.25) is 0 Å². The fraction of sp³-hybridized carbons (Fsp3) is 0.333. The molecular formula is C21H25N3O3S. The summed E-state index contributed by atoms with van der Waals surface area (Å²) in [5.41, 5.74) is 1.50. The van der Waals surface area contributed by atoms with E-state index in [2.05, 4.69) is 16.8 Å². The highest BCUT2D eigenvalue weighted by atomic mass is 32.2. The second kappa shape index (κ2) is 7.58. The van der Waals surface area contributed by atoms with Crippen LogP contribution in [-0.4, -0.2) is 62.5 Å². The molecule has 4 rings (SSSR count). The molecule has 0 atom stereocenters. The van der Waals surface area contributed by atoms with Gasteiger partial charge in [-0.25, -0.2) is 12.4 Å². The molecule has 1 aromatic heterocycles. The summed E-state index contributed by atoms with van der Waals surface area (Å²) in [5.74, 6) is 0.633. The lowest BCUT2D eigenvalue weighted by Crippen LogP contribution is -2.44. The predicted octanol–water partition coefficient (Wildman–Crippen LogP) is 2.63. The van der Waals surface area contributed by atoms with E-state index < -0.39 is 10.0 Å². The summed E-state index contributed by atoms with van der Waals surface area (Å²) < 4.78 is 33.7. The summed E-state index contributed by atoms with van der Waals surface area (Å²) in [5, 5.41) is 0.934. The second-order valence-corrected chi connectivity index (χ2v) is 9.01. The Morgan fingerprint density at radius 2 is 1.64 bits per heavy atom. The molecule has 28 heavy (non-hydrogen) atoms. The molecular weight excluding hydrogens is 374 g/mol. The van der Waals surface area contributed by atoms with E-state index in [1.165, 1.54) is 3.97 Å². The zero-order chi connectivity index (χ0) is 19.7. The van der Waals surface area contributed by atoms with Gasteiger partial charge in [0.2, 0.25) is 0 Å². The van der Waals surface area contributed by atoms with Crippen molar-refractivity contribution in [1.29, 1.82) is 0 Å². The van der Waals surface area contributed by atoms with Gasteiger partial charge in [0.1, 0.15) is 5.75 Å². The van der Waals surface area contributed by atoms with Crippen molar-refractivity contribution in [3.8, 4) is 5.75 Å². The Morgan fingerprint density at radius 3 is 2.32 bits per heavy atom. The number of methoxy groups -OCH3 is 1. The fourth-order valence-corrected chi connectivity index (χ4v) is 5.20. The van der Waals surface area contributed by atoms with Gasteiger partial charge in [0, 0.05) is 43.8 Å². The highest BCUT2D eigenvalue weighted by Crippen LogP contribution is 2.27. The summed E-state index contributed by atoms with van der Waals surface area (Å²) >= 11 is 0. The SMILES string of the molecule is COc1ccc(S(=O)(=O)n2c(CN3CCN(C)CC3)cc3ccccc32)cc1. The van der Waals surface area contributed by atoms with Crippen LogP contribution in [0.1, 0.15) is 5.69 Å². The van der Waals surface area contributed by atoms with Crippen molar-refractivity contribution >= 4 is 20.9 Å². The van der Waals surface area contributed by atoms with Crippen LogP contribution in [0.15, 0.2) is 59.5 Å². The van der Waals surface area contributed by atoms with Crippen molar-refractivity contribution in [2.45, 2.75) is 11.4 Å². The van der Waals surface area contributed by atoms with Crippen molar-refractivity contribution in [2.24, 2.45) is 0 Å². The fourth-order valence-electron chi connectivity index (χ4n) is 3.67. The van der Waals surface area contributed by atoms with Gasteiger partial charge in [0.15, 0.2) is 0 Å². The molecule has 0 unspecified atom stereocenters. The number of para-hydroxylation sites is 1. The Balaban J connectivity index is 1.77. The number of likely N-dealkylation sites (N-methyl/N-ethyl adjacent to an activating group) is 1. The third kappa shape index (κ3) is 3.53. The quantitative estimate of drug-likeness (QED) is 0.660. The van der Waals surface area contributed by atoms with E-state index in [4.69, 9.17) is 4.74 Å². The van der Waals surface area contributed by atoms with E-state index in [0.717, 1.165) is 37.3 Å². The summed E-state index contributed by atoms with van der Waals surface area (Å²) in [6.45, 7) is 4.45. The topological polar surface area (TPSA) is 54.8 Å². The van der Waals surface area contributed by atoms with Crippen molar-refractivity contribution in [1.82, 2.24) is 13.8 Å². The highest BCUT2D eigenvalue weighted by molar-refractivity contribution is 7.90. The lowest BCUT2D eigenvalue weighted by atomic mass is 10.2. The number of hydrogen-bond acceptors (Lipinski definition) is 5. The molecule has 0 aliphatic carbocycles. The van der Waals surface area contributed by atoms with Gasteiger partial charge in [-0.15, -0.1) is 0 Å². The first-order valence-electron chi connectivity index (χ1n) is 9.39. The molecule has 1 aliphatic heterocycles. The Morgan fingerprint density at radius 1 is 0.964 bits per heavy atom. The number of rotatable bonds is 5. The van der Waals surface area contributed by atoms with Gasteiger partial charge in [-0.3, -0.25) is 4.90 Å². The highest BCUT2D eigenvalue weighted by Gasteiger charge is 2.25. The average Bonchev–Trinajstić information content (AvgIpc) is 3.08. The monoisotopic (exact) mass is 399 g/mol. The maximum atomic E-state index is 13.5.